The summed E-state index contributed by atoms with van der Waals surface area (Å²) in [5.74, 6) is -0.802. The van der Waals surface area contributed by atoms with Gasteiger partial charge in [0.15, 0.2) is 0 Å². The van der Waals surface area contributed by atoms with Gasteiger partial charge in [-0.1, -0.05) is 29.8 Å². The van der Waals surface area contributed by atoms with Crippen LogP contribution in [0.3, 0.4) is 0 Å². The molecule has 0 unspecified atom stereocenters. The highest BCUT2D eigenvalue weighted by Gasteiger charge is 2.35. The minimum absolute atomic E-state index is 0.0148. The van der Waals surface area contributed by atoms with Crippen LogP contribution in [0.15, 0.2) is 64.7 Å². The maximum absolute atomic E-state index is 12.7. The average molecular weight is 473 g/mol. The smallest absolute Gasteiger partial charge is 0.338 e. The molecule has 1 saturated heterocycles. The number of imide groups is 1. The molecule has 2 N–H and O–H groups in total. The van der Waals surface area contributed by atoms with Crippen molar-refractivity contribution in [3.8, 4) is 11.3 Å². The molecule has 0 atom stereocenters. The Bertz CT molecular complexity index is 1350. The molecule has 35 heavy (non-hydrogen) atoms. The number of anilines is 1. The second-order valence-electron chi connectivity index (χ2n) is 7.97. The van der Waals surface area contributed by atoms with Crippen molar-refractivity contribution in [2.75, 3.05) is 19.0 Å². The Morgan fingerprint density at radius 3 is 2.51 bits per heavy atom. The van der Waals surface area contributed by atoms with E-state index in [1.807, 2.05) is 19.1 Å². The van der Waals surface area contributed by atoms with Crippen molar-refractivity contribution in [1.82, 2.24) is 10.2 Å². The fraction of sp³-hybridized carbons (Fsp3) is 0.154. The molecule has 4 rings (SSSR count). The van der Waals surface area contributed by atoms with Gasteiger partial charge in [-0.05, 0) is 49.7 Å². The van der Waals surface area contributed by atoms with E-state index in [0.29, 0.717) is 33.9 Å². The van der Waals surface area contributed by atoms with E-state index in [1.54, 1.807) is 49.4 Å². The van der Waals surface area contributed by atoms with Crippen molar-refractivity contribution in [1.29, 1.82) is 0 Å². The summed E-state index contributed by atoms with van der Waals surface area (Å²) in [4.78, 5) is 50.2. The van der Waals surface area contributed by atoms with Gasteiger partial charge in [0, 0.05) is 17.3 Å². The first-order valence-electron chi connectivity index (χ1n) is 10.8. The fourth-order valence-corrected chi connectivity index (χ4v) is 3.65. The van der Waals surface area contributed by atoms with Gasteiger partial charge >= 0.3 is 12.0 Å². The zero-order valence-corrected chi connectivity index (χ0v) is 19.4. The number of urea groups is 1. The molecule has 1 aliphatic rings. The number of nitrogens with one attached hydrogen (secondary N) is 2. The number of ether oxygens (including phenoxy) is 1. The Morgan fingerprint density at radius 2 is 1.80 bits per heavy atom. The molecule has 9 heteroatoms. The number of carbonyl (C=O) groups excluding carboxylic acids is 4. The van der Waals surface area contributed by atoms with Crippen LogP contribution in [-0.2, 0) is 14.3 Å². The van der Waals surface area contributed by atoms with Crippen LogP contribution in [0.4, 0.5) is 10.5 Å². The molecule has 1 aromatic heterocycles. The molecule has 2 heterocycles. The zero-order valence-electron chi connectivity index (χ0n) is 19.4. The molecule has 9 nitrogen and oxygen atoms in total. The minimum Gasteiger partial charge on any atom is -0.465 e. The normalized spacial score (nSPS) is 14.3. The summed E-state index contributed by atoms with van der Waals surface area (Å²) < 4.78 is 10.6. The van der Waals surface area contributed by atoms with Crippen molar-refractivity contribution in [3.63, 3.8) is 0 Å². The van der Waals surface area contributed by atoms with Crippen LogP contribution < -0.4 is 10.6 Å². The highest BCUT2D eigenvalue weighted by Crippen LogP contribution is 2.29. The first kappa shape index (κ1) is 23.5. The topological polar surface area (TPSA) is 118 Å². The summed E-state index contributed by atoms with van der Waals surface area (Å²) in [6.45, 7) is 3.27. The second kappa shape index (κ2) is 9.68. The lowest BCUT2D eigenvalue weighted by molar-refractivity contribution is -0.127. The van der Waals surface area contributed by atoms with Gasteiger partial charge in [-0.3, -0.25) is 9.59 Å². The predicted molar refractivity (Wildman–Crippen MR) is 128 cm³/mol. The Kier molecular flexibility index (Phi) is 6.50. The van der Waals surface area contributed by atoms with E-state index in [1.165, 1.54) is 13.2 Å². The maximum Gasteiger partial charge on any atom is 0.338 e. The third-order valence-corrected chi connectivity index (χ3v) is 5.52. The van der Waals surface area contributed by atoms with Crippen LogP contribution in [-0.4, -0.2) is 42.4 Å². The lowest BCUT2D eigenvalue weighted by atomic mass is 10.0. The average Bonchev–Trinajstić information content (AvgIpc) is 3.40. The van der Waals surface area contributed by atoms with E-state index >= 15 is 0 Å². The SMILES string of the molecule is COC(=O)c1cccc(-c2ccc(/C=C3/NC(=O)N(CC(=O)Nc4ccc(C)cc4)C3=O)o2)c1C. The fourth-order valence-electron chi connectivity index (χ4n) is 3.65. The summed E-state index contributed by atoms with van der Waals surface area (Å²) >= 11 is 0. The zero-order chi connectivity index (χ0) is 25.1. The molecule has 0 bridgehead atoms. The first-order chi connectivity index (χ1) is 16.8. The minimum atomic E-state index is -0.700. The molecule has 0 radical (unpaired) electrons. The molecule has 2 aromatic carbocycles. The van der Waals surface area contributed by atoms with E-state index in [2.05, 4.69) is 10.6 Å². The van der Waals surface area contributed by atoms with E-state index in [-0.39, 0.29) is 5.70 Å². The quantitative estimate of drug-likeness (QED) is 0.319. The van der Waals surface area contributed by atoms with Gasteiger partial charge in [0.25, 0.3) is 5.91 Å². The number of benzene rings is 2. The number of esters is 1. The number of hydrogen-bond acceptors (Lipinski definition) is 6. The lowest BCUT2D eigenvalue weighted by Crippen LogP contribution is -2.38. The predicted octanol–water partition coefficient (Wildman–Crippen LogP) is 3.88. The number of carbonyl (C=O) groups is 4. The van der Waals surface area contributed by atoms with Crippen molar-refractivity contribution < 1.29 is 28.3 Å². The van der Waals surface area contributed by atoms with Crippen molar-refractivity contribution in [2.24, 2.45) is 0 Å². The summed E-state index contributed by atoms with van der Waals surface area (Å²) in [5.41, 5.74) is 3.38. The van der Waals surface area contributed by atoms with Crippen LogP contribution in [0.5, 0.6) is 0 Å². The van der Waals surface area contributed by atoms with Gasteiger partial charge < -0.3 is 19.8 Å². The first-order valence-corrected chi connectivity index (χ1v) is 10.8. The van der Waals surface area contributed by atoms with Crippen molar-refractivity contribution >= 4 is 35.6 Å². The van der Waals surface area contributed by atoms with Crippen LogP contribution in [0.25, 0.3) is 17.4 Å². The Hall–Kier alpha value is -4.66. The number of nitrogens with zero attached hydrogens (tertiary/aromatic N) is 1. The number of hydrogen-bond donors (Lipinski definition) is 2. The molecule has 0 saturated carbocycles. The van der Waals surface area contributed by atoms with Crippen molar-refractivity contribution in [3.05, 3.63) is 82.7 Å². The van der Waals surface area contributed by atoms with Crippen molar-refractivity contribution in [2.45, 2.75) is 13.8 Å². The van der Waals surface area contributed by atoms with Gasteiger partial charge in [-0.25, -0.2) is 14.5 Å². The number of aryl methyl sites for hydroxylation is 1. The summed E-state index contributed by atoms with van der Waals surface area (Å²) in [5, 5.41) is 5.13. The third kappa shape index (κ3) is 4.98. The monoisotopic (exact) mass is 473 g/mol. The lowest BCUT2D eigenvalue weighted by Gasteiger charge is -2.12. The number of furan rings is 1. The molecule has 0 aliphatic carbocycles. The van der Waals surface area contributed by atoms with Gasteiger partial charge in [0.1, 0.15) is 23.8 Å². The molecule has 178 valence electrons. The number of methoxy groups -OCH3 is 1. The van der Waals surface area contributed by atoms with E-state index < -0.39 is 30.4 Å². The molecule has 1 aliphatic heterocycles. The second-order valence-corrected chi connectivity index (χ2v) is 7.97. The van der Waals surface area contributed by atoms with Gasteiger partial charge in [-0.2, -0.15) is 0 Å². The summed E-state index contributed by atoms with van der Waals surface area (Å²) in [6, 6.07) is 15.0. The standard InChI is InChI=1S/C26H23N3O6/c1-15-7-9-17(10-8-15)27-23(30)14-29-24(31)21(28-26(29)33)13-18-11-12-22(35-18)19-5-4-6-20(16(19)2)25(32)34-3/h4-13H,14H2,1-3H3,(H,27,30)(H,28,33)/b21-13+. The van der Waals surface area contributed by atoms with Gasteiger partial charge in [0.05, 0.1) is 12.7 Å². The van der Waals surface area contributed by atoms with Crippen LogP contribution in [0, 0.1) is 13.8 Å². The molecular formula is C26H23N3O6. The number of rotatable bonds is 6. The highest BCUT2D eigenvalue weighted by atomic mass is 16.5. The van der Waals surface area contributed by atoms with E-state index in [9.17, 15) is 19.2 Å². The molecule has 3 aromatic rings. The number of amides is 4. The molecular weight excluding hydrogens is 450 g/mol. The van der Waals surface area contributed by atoms with Crippen LogP contribution >= 0.6 is 0 Å². The van der Waals surface area contributed by atoms with Crippen LogP contribution in [0.2, 0.25) is 0 Å². The Balaban J connectivity index is 1.48. The third-order valence-electron chi connectivity index (χ3n) is 5.52. The maximum atomic E-state index is 12.7. The summed E-state index contributed by atoms with van der Waals surface area (Å²) in [6.07, 6.45) is 1.39. The van der Waals surface area contributed by atoms with Gasteiger partial charge in [-0.15, -0.1) is 0 Å². The van der Waals surface area contributed by atoms with E-state index in [4.69, 9.17) is 9.15 Å². The summed E-state index contributed by atoms with van der Waals surface area (Å²) in [7, 11) is 1.31. The largest absolute Gasteiger partial charge is 0.465 e. The Morgan fingerprint density at radius 1 is 1.06 bits per heavy atom. The molecule has 0 spiro atoms. The van der Waals surface area contributed by atoms with Crippen LogP contribution in [0.1, 0.15) is 27.2 Å². The molecule has 1 fully saturated rings. The van der Waals surface area contributed by atoms with Gasteiger partial charge in [0.2, 0.25) is 5.91 Å². The molecule has 4 amide bonds. The van der Waals surface area contributed by atoms with E-state index in [0.717, 1.165) is 10.5 Å². The Labute approximate surface area is 201 Å². The highest BCUT2D eigenvalue weighted by molar-refractivity contribution is 6.15.